The molecule has 0 amide bonds. The highest BCUT2D eigenvalue weighted by Gasteiger charge is 2.52. The van der Waals surface area contributed by atoms with Gasteiger partial charge < -0.3 is 34.6 Å². The molecule has 1 rings (SSSR count). The number of aliphatic hydroxyl groups excluding tert-OH is 4. The van der Waals surface area contributed by atoms with Crippen molar-refractivity contribution < 1.29 is 39.4 Å². The number of esters is 1. The van der Waals surface area contributed by atoms with Gasteiger partial charge in [-0.05, 0) is 24.7 Å². The summed E-state index contributed by atoms with van der Waals surface area (Å²) >= 11 is 0. The normalized spacial score (nSPS) is 22.7. The summed E-state index contributed by atoms with van der Waals surface area (Å²) in [5, 5.41) is 41.4. The summed E-state index contributed by atoms with van der Waals surface area (Å²) in [4.78, 5) is 12.5. The SMILES string of the molecule is CCCCCCC(C)CCCCCCCCCOC[C@H](O)COC1C(OC(=O)CCCCCCCC(C)CCCCCC)[C@H](O)C(O)[C@@H]1O. The van der Waals surface area contributed by atoms with Gasteiger partial charge in [-0.2, -0.15) is 0 Å². The first kappa shape index (κ1) is 46.3. The van der Waals surface area contributed by atoms with Crippen LogP contribution in [0.1, 0.15) is 188 Å². The van der Waals surface area contributed by atoms with Gasteiger partial charge in [0.15, 0.2) is 6.10 Å². The van der Waals surface area contributed by atoms with Gasteiger partial charge in [-0.15, -0.1) is 0 Å². The Balaban J connectivity index is 2.12. The van der Waals surface area contributed by atoms with Gasteiger partial charge in [0.05, 0.1) is 13.2 Å². The van der Waals surface area contributed by atoms with Crippen LogP contribution in [-0.4, -0.2) is 82.8 Å². The molecule has 292 valence electrons. The van der Waals surface area contributed by atoms with Gasteiger partial charge >= 0.3 is 5.97 Å². The molecule has 49 heavy (non-hydrogen) atoms. The van der Waals surface area contributed by atoms with Crippen LogP contribution in [0.2, 0.25) is 0 Å². The fraction of sp³-hybridized carbons (Fsp3) is 0.976. The molecule has 8 heteroatoms. The molecule has 1 aliphatic rings. The van der Waals surface area contributed by atoms with Crippen LogP contribution in [0, 0.1) is 11.8 Å². The van der Waals surface area contributed by atoms with Crippen molar-refractivity contribution in [3.63, 3.8) is 0 Å². The Bertz CT molecular complexity index is 751. The van der Waals surface area contributed by atoms with Crippen LogP contribution in [0.25, 0.3) is 0 Å². The zero-order chi connectivity index (χ0) is 36.1. The molecule has 0 bridgehead atoms. The molecule has 1 aliphatic carbocycles. The van der Waals surface area contributed by atoms with Crippen LogP contribution in [0.5, 0.6) is 0 Å². The molecule has 0 aliphatic heterocycles. The maximum Gasteiger partial charge on any atom is 0.306 e. The molecule has 0 heterocycles. The number of rotatable bonds is 34. The van der Waals surface area contributed by atoms with Crippen molar-refractivity contribution in [1.29, 1.82) is 0 Å². The molecule has 0 saturated heterocycles. The van der Waals surface area contributed by atoms with Gasteiger partial charge in [0.25, 0.3) is 0 Å². The Hall–Kier alpha value is -0.770. The predicted octanol–water partition coefficient (Wildman–Crippen LogP) is 8.82. The van der Waals surface area contributed by atoms with E-state index in [0.29, 0.717) is 13.0 Å². The van der Waals surface area contributed by atoms with E-state index in [-0.39, 0.29) is 19.6 Å². The molecule has 1 fully saturated rings. The third-order valence-electron chi connectivity index (χ3n) is 10.4. The van der Waals surface area contributed by atoms with E-state index in [1.165, 1.54) is 116 Å². The van der Waals surface area contributed by atoms with E-state index in [4.69, 9.17) is 14.2 Å². The lowest BCUT2D eigenvalue weighted by Gasteiger charge is -2.24. The van der Waals surface area contributed by atoms with Gasteiger partial charge in [-0.3, -0.25) is 4.79 Å². The van der Waals surface area contributed by atoms with Gasteiger partial charge in [-0.25, -0.2) is 0 Å². The van der Waals surface area contributed by atoms with Gasteiger partial charge in [0.1, 0.15) is 30.5 Å². The smallest absolute Gasteiger partial charge is 0.306 e. The van der Waals surface area contributed by atoms with Gasteiger partial charge in [0.2, 0.25) is 0 Å². The van der Waals surface area contributed by atoms with Crippen LogP contribution in [-0.2, 0) is 19.0 Å². The second-order valence-electron chi connectivity index (χ2n) is 15.4. The molecular weight excluding hydrogens is 620 g/mol. The molecule has 0 aromatic rings. The molecule has 5 unspecified atom stereocenters. The summed E-state index contributed by atoms with van der Waals surface area (Å²) in [6, 6.07) is 0. The highest BCUT2D eigenvalue weighted by Crippen LogP contribution is 2.28. The zero-order valence-electron chi connectivity index (χ0n) is 32.3. The molecule has 0 aromatic carbocycles. The van der Waals surface area contributed by atoms with E-state index >= 15 is 0 Å². The standard InChI is InChI=1S/C41H80O8/c1-5-7-9-19-25-33(3)27-21-15-12-11-13-18-24-30-47-31-35(42)32-48-40-38(45)37(44)39(46)41(40)49-36(43)29-23-17-14-16-22-28-34(4)26-20-10-8-6-2/h33-35,37-42,44-46H,5-32H2,1-4H3/t33?,34?,35-,37?,38-,39+,40?,41?/m0/s1. The number of aliphatic hydroxyl groups is 4. The summed E-state index contributed by atoms with van der Waals surface area (Å²) in [5.74, 6) is 1.16. The van der Waals surface area contributed by atoms with Crippen molar-refractivity contribution in [2.75, 3.05) is 19.8 Å². The van der Waals surface area contributed by atoms with Crippen molar-refractivity contribution in [2.45, 2.75) is 225 Å². The number of carbonyl (C=O) groups is 1. The first-order valence-electron chi connectivity index (χ1n) is 20.8. The lowest BCUT2D eigenvalue weighted by Crippen LogP contribution is -2.41. The maximum atomic E-state index is 12.5. The van der Waals surface area contributed by atoms with Crippen molar-refractivity contribution in [1.82, 2.24) is 0 Å². The van der Waals surface area contributed by atoms with Gasteiger partial charge in [0, 0.05) is 13.0 Å². The summed E-state index contributed by atoms with van der Waals surface area (Å²) in [5.41, 5.74) is 0. The molecule has 1 saturated carbocycles. The molecular formula is C41H80O8. The topological polar surface area (TPSA) is 126 Å². The van der Waals surface area contributed by atoms with Crippen molar-refractivity contribution in [2.24, 2.45) is 11.8 Å². The average Bonchev–Trinajstić information content (AvgIpc) is 3.28. The largest absolute Gasteiger partial charge is 0.457 e. The Morgan fingerprint density at radius 1 is 0.551 bits per heavy atom. The lowest BCUT2D eigenvalue weighted by molar-refractivity contribution is -0.168. The second kappa shape index (κ2) is 30.8. The van der Waals surface area contributed by atoms with Crippen LogP contribution >= 0.6 is 0 Å². The van der Waals surface area contributed by atoms with E-state index in [9.17, 15) is 25.2 Å². The number of hydrogen-bond acceptors (Lipinski definition) is 8. The molecule has 0 spiro atoms. The third-order valence-corrected chi connectivity index (χ3v) is 10.4. The maximum absolute atomic E-state index is 12.5. The Labute approximate surface area is 301 Å². The Kier molecular flexibility index (Phi) is 29.1. The van der Waals surface area contributed by atoms with Crippen LogP contribution in [0.3, 0.4) is 0 Å². The minimum atomic E-state index is -1.49. The number of unbranched alkanes of at least 4 members (excludes halogenated alkanes) is 16. The minimum Gasteiger partial charge on any atom is -0.457 e. The van der Waals surface area contributed by atoms with Gasteiger partial charge in [-0.1, -0.05) is 169 Å². The van der Waals surface area contributed by atoms with Crippen LogP contribution < -0.4 is 0 Å². The van der Waals surface area contributed by atoms with E-state index < -0.39 is 42.6 Å². The van der Waals surface area contributed by atoms with E-state index in [2.05, 4.69) is 27.7 Å². The van der Waals surface area contributed by atoms with E-state index in [1.807, 2.05) is 0 Å². The first-order chi connectivity index (χ1) is 23.7. The number of hydrogen-bond donors (Lipinski definition) is 4. The van der Waals surface area contributed by atoms with Crippen molar-refractivity contribution >= 4 is 5.97 Å². The summed E-state index contributed by atoms with van der Waals surface area (Å²) in [6.45, 7) is 9.75. The van der Waals surface area contributed by atoms with Crippen LogP contribution in [0.15, 0.2) is 0 Å². The molecule has 8 nitrogen and oxygen atoms in total. The zero-order valence-corrected chi connectivity index (χ0v) is 32.3. The van der Waals surface area contributed by atoms with Crippen molar-refractivity contribution in [3.05, 3.63) is 0 Å². The summed E-state index contributed by atoms with van der Waals surface area (Å²) in [7, 11) is 0. The minimum absolute atomic E-state index is 0.0902. The van der Waals surface area contributed by atoms with E-state index in [0.717, 1.165) is 43.9 Å². The predicted molar refractivity (Wildman–Crippen MR) is 200 cm³/mol. The molecule has 4 N–H and O–H groups in total. The highest BCUT2D eigenvalue weighted by molar-refractivity contribution is 5.69. The average molecular weight is 701 g/mol. The lowest BCUT2D eigenvalue weighted by atomic mass is 9.96. The van der Waals surface area contributed by atoms with E-state index in [1.54, 1.807) is 0 Å². The molecule has 0 radical (unpaired) electrons. The number of carbonyl (C=O) groups excluding carboxylic acids is 1. The third kappa shape index (κ3) is 23.4. The summed E-state index contributed by atoms with van der Waals surface area (Å²) < 4.78 is 16.8. The molecule has 8 atom stereocenters. The molecule has 0 aromatic heterocycles. The van der Waals surface area contributed by atoms with Crippen LogP contribution in [0.4, 0.5) is 0 Å². The monoisotopic (exact) mass is 701 g/mol. The summed E-state index contributed by atoms with van der Waals surface area (Å²) in [6.07, 6.45) is 22.2. The highest BCUT2D eigenvalue weighted by atomic mass is 16.6. The number of ether oxygens (including phenoxy) is 3. The first-order valence-corrected chi connectivity index (χ1v) is 20.8. The Morgan fingerprint density at radius 3 is 1.49 bits per heavy atom. The Morgan fingerprint density at radius 2 is 0.980 bits per heavy atom. The quantitative estimate of drug-likeness (QED) is 0.0388. The fourth-order valence-electron chi connectivity index (χ4n) is 7.01. The second-order valence-corrected chi connectivity index (χ2v) is 15.4. The fourth-order valence-corrected chi connectivity index (χ4v) is 7.01. The van der Waals surface area contributed by atoms with Crippen molar-refractivity contribution in [3.8, 4) is 0 Å².